The molecule has 1 fully saturated rings. The summed E-state index contributed by atoms with van der Waals surface area (Å²) in [6, 6.07) is 0. The molecule has 5 heteroatoms. The van der Waals surface area contributed by atoms with Crippen molar-refractivity contribution >= 4 is 11.8 Å². The first-order valence-electron chi connectivity index (χ1n) is 8.04. The third-order valence-corrected chi connectivity index (χ3v) is 3.73. The van der Waals surface area contributed by atoms with Gasteiger partial charge >= 0.3 is 0 Å². The highest BCUT2D eigenvalue weighted by Crippen LogP contribution is 2.18. The molecule has 0 N–H and O–H groups in total. The Labute approximate surface area is 122 Å². The summed E-state index contributed by atoms with van der Waals surface area (Å²) in [5, 5.41) is 8.43. The number of nitrogens with zero attached hydrogens (tertiary/aromatic N) is 5. The van der Waals surface area contributed by atoms with Crippen molar-refractivity contribution in [1.29, 1.82) is 0 Å². The molecule has 2 rings (SSSR count). The van der Waals surface area contributed by atoms with Gasteiger partial charge in [0.25, 0.3) is 0 Å². The molecule has 1 aliphatic rings. The molecule has 0 atom stereocenters. The van der Waals surface area contributed by atoms with Gasteiger partial charge in [-0.3, -0.25) is 0 Å². The number of rotatable bonds is 6. The van der Waals surface area contributed by atoms with Gasteiger partial charge in [0.1, 0.15) is 0 Å². The molecule has 1 aromatic rings. The molecule has 0 radical (unpaired) electrons. The van der Waals surface area contributed by atoms with Gasteiger partial charge in [0.15, 0.2) is 5.82 Å². The first-order chi connectivity index (χ1) is 9.85. The normalized spacial score (nSPS) is 16.0. The monoisotopic (exact) mass is 277 g/mol. The van der Waals surface area contributed by atoms with E-state index < -0.39 is 0 Å². The van der Waals surface area contributed by atoms with Gasteiger partial charge < -0.3 is 9.80 Å². The van der Waals surface area contributed by atoms with Gasteiger partial charge in [-0.15, -0.1) is 5.10 Å². The Morgan fingerprint density at radius 2 is 1.70 bits per heavy atom. The molecular weight excluding hydrogens is 250 g/mol. The highest BCUT2D eigenvalue weighted by atomic mass is 15.3. The lowest BCUT2D eigenvalue weighted by Gasteiger charge is -2.24. The van der Waals surface area contributed by atoms with E-state index >= 15 is 0 Å². The molecule has 0 bridgehead atoms. The topological polar surface area (TPSA) is 45.2 Å². The average molecular weight is 277 g/mol. The number of hydrogen-bond acceptors (Lipinski definition) is 5. The Hall–Kier alpha value is -1.39. The predicted molar refractivity (Wildman–Crippen MR) is 83.3 cm³/mol. The van der Waals surface area contributed by atoms with Crippen molar-refractivity contribution in [3.63, 3.8) is 0 Å². The second kappa shape index (κ2) is 8.02. The van der Waals surface area contributed by atoms with Gasteiger partial charge in [0.05, 0.1) is 6.20 Å². The molecular formula is C15H27N5. The minimum atomic E-state index is 0.807. The Morgan fingerprint density at radius 1 is 1.05 bits per heavy atom. The van der Waals surface area contributed by atoms with E-state index in [9.17, 15) is 0 Å². The Bertz CT molecular complexity index is 364. The smallest absolute Gasteiger partial charge is 0.247 e. The SMILES string of the molecule is CCCN(CCC)c1cnnc(N2CCCCCC2)n1. The minimum absolute atomic E-state index is 0.807. The third kappa shape index (κ3) is 4.05. The maximum atomic E-state index is 4.75. The molecule has 0 amide bonds. The first-order valence-corrected chi connectivity index (χ1v) is 8.04. The molecule has 1 aromatic heterocycles. The Balaban J connectivity index is 2.12. The van der Waals surface area contributed by atoms with Crippen molar-refractivity contribution in [3.8, 4) is 0 Å². The summed E-state index contributed by atoms with van der Waals surface area (Å²) in [5.74, 6) is 1.78. The third-order valence-electron chi connectivity index (χ3n) is 3.73. The largest absolute Gasteiger partial charge is 0.355 e. The lowest BCUT2D eigenvalue weighted by atomic mass is 10.2. The molecule has 5 nitrogen and oxygen atoms in total. The van der Waals surface area contributed by atoms with Crippen molar-refractivity contribution in [2.24, 2.45) is 0 Å². The molecule has 0 aliphatic carbocycles. The fourth-order valence-electron chi connectivity index (χ4n) is 2.72. The van der Waals surface area contributed by atoms with Crippen molar-refractivity contribution in [2.45, 2.75) is 52.4 Å². The second-order valence-electron chi connectivity index (χ2n) is 5.50. The van der Waals surface area contributed by atoms with E-state index in [1.165, 1.54) is 25.7 Å². The van der Waals surface area contributed by atoms with Crippen LogP contribution in [0.15, 0.2) is 6.20 Å². The summed E-state index contributed by atoms with van der Waals surface area (Å²) < 4.78 is 0. The summed E-state index contributed by atoms with van der Waals surface area (Å²) in [4.78, 5) is 9.36. The zero-order valence-electron chi connectivity index (χ0n) is 12.9. The number of hydrogen-bond donors (Lipinski definition) is 0. The first kappa shape index (κ1) is 15.0. The molecule has 1 saturated heterocycles. The second-order valence-corrected chi connectivity index (χ2v) is 5.50. The standard InChI is InChI=1S/C15H27N5/c1-3-9-19(10-4-2)14-13-16-18-15(17-14)20-11-7-5-6-8-12-20/h13H,3-12H2,1-2H3. The molecule has 0 unspecified atom stereocenters. The van der Waals surface area contributed by atoms with Crippen molar-refractivity contribution < 1.29 is 0 Å². The molecule has 0 aromatic carbocycles. The Morgan fingerprint density at radius 3 is 2.30 bits per heavy atom. The molecule has 0 spiro atoms. The highest BCUT2D eigenvalue weighted by Gasteiger charge is 2.15. The number of aromatic nitrogens is 3. The van der Waals surface area contributed by atoms with Crippen LogP contribution < -0.4 is 9.80 Å². The number of anilines is 2. The minimum Gasteiger partial charge on any atom is -0.355 e. The molecule has 112 valence electrons. The van der Waals surface area contributed by atoms with Crippen LogP contribution in [0.1, 0.15) is 52.4 Å². The van der Waals surface area contributed by atoms with Crippen LogP contribution in [0.4, 0.5) is 11.8 Å². The average Bonchev–Trinajstić information content (AvgIpc) is 2.76. The van der Waals surface area contributed by atoms with Crippen LogP contribution in [-0.2, 0) is 0 Å². The van der Waals surface area contributed by atoms with Gasteiger partial charge in [0, 0.05) is 26.2 Å². The van der Waals surface area contributed by atoms with Crippen LogP contribution in [-0.4, -0.2) is 41.4 Å². The van der Waals surface area contributed by atoms with Crippen molar-refractivity contribution in [2.75, 3.05) is 36.0 Å². The van der Waals surface area contributed by atoms with Crippen molar-refractivity contribution in [1.82, 2.24) is 15.2 Å². The fraction of sp³-hybridized carbons (Fsp3) is 0.800. The zero-order chi connectivity index (χ0) is 14.2. The van der Waals surface area contributed by atoms with Gasteiger partial charge in [-0.25, -0.2) is 0 Å². The Kier molecular flexibility index (Phi) is 6.02. The van der Waals surface area contributed by atoms with Crippen LogP contribution in [0.3, 0.4) is 0 Å². The highest BCUT2D eigenvalue weighted by molar-refractivity contribution is 5.41. The van der Waals surface area contributed by atoms with E-state index in [4.69, 9.17) is 4.98 Å². The van der Waals surface area contributed by atoms with Crippen LogP contribution >= 0.6 is 0 Å². The van der Waals surface area contributed by atoms with E-state index in [1.54, 1.807) is 6.20 Å². The fourth-order valence-corrected chi connectivity index (χ4v) is 2.72. The summed E-state index contributed by atoms with van der Waals surface area (Å²) in [6.45, 7) is 8.59. The quantitative estimate of drug-likeness (QED) is 0.800. The summed E-state index contributed by atoms with van der Waals surface area (Å²) >= 11 is 0. The van der Waals surface area contributed by atoms with Crippen LogP contribution in [0.25, 0.3) is 0 Å². The van der Waals surface area contributed by atoms with Crippen molar-refractivity contribution in [3.05, 3.63) is 6.20 Å². The van der Waals surface area contributed by atoms with E-state index in [2.05, 4.69) is 33.8 Å². The summed E-state index contributed by atoms with van der Waals surface area (Å²) in [5.41, 5.74) is 0. The molecule has 20 heavy (non-hydrogen) atoms. The van der Waals surface area contributed by atoms with Gasteiger partial charge in [-0.1, -0.05) is 26.7 Å². The molecule has 0 saturated carbocycles. The van der Waals surface area contributed by atoms with Gasteiger partial charge in [-0.05, 0) is 25.7 Å². The van der Waals surface area contributed by atoms with Crippen LogP contribution in [0.5, 0.6) is 0 Å². The van der Waals surface area contributed by atoms with Crippen LogP contribution in [0.2, 0.25) is 0 Å². The summed E-state index contributed by atoms with van der Waals surface area (Å²) in [6.07, 6.45) is 9.17. The lowest BCUT2D eigenvalue weighted by Crippen LogP contribution is -2.29. The summed E-state index contributed by atoms with van der Waals surface area (Å²) in [7, 11) is 0. The zero-order valence-corrected chi connectivity index (χ0v) is 12.9. The maximum Gasteiger partial charge on any atom is 0.247 e. The molecule has 1 aliphatic heterocycles. The van der Waals surface area contributed by atoms with Crippen LogP contribution in [0, 0.1) is 0 Å². The predicted octanol–water partition coefficient (Wildman–Crippen LogP) is 2.88. The maximum absolute atomic E-state index is 4.75. The lowest BCUT2D eigenvalue weighted by molar-refractivity contribution is 0.709. The van der Waals surface area contributed by atoms with Gasteiger partial charge in [-0.2, -0.15) is 10.1 Å². The van der Waals surface area contributed by atoms with E-state index in [-0.39, 0.29) is 0 Å². The van der Waals surface area contributed by atoms with Gasteiger partial charge in [0.2, 0.25) is 5.95 Å². The van der Waals surface area contributed by atoms with E-state index in [0.717, 1.165) is 50.8 Å². The van der Waals surface area contributed by atoms with E-state index in [1.807, 2.05) is 0 Å². The van der Waals surface area contributed by atoms with E-state index in [0.29, 0.717) is 0 Å². The molecule has 2 heterocycles.